The summed E-state index contributed by atoms with van der Waals surface area (Å²) in [5.41, 5.74) is 1.09. The number of carbonyl (C=O) groups is 1. The molecule has 0 saturated heterocycles. The van der Waals surface area contributed by atoms with Gasteiger partial charge >= 0.3 is 0 Å². The molecule has 0 fully saturated rings. The number of aromatic nitrogens is 5. The maximum Gasteiger partial charge on any atom is 0.296 e. The Morgan fingerprint density at radius 3 is 2.74 bits per heavy atom. The number of nitrogens with zero attached hydrogens (tertiary/aromatic N) is 7. The monoisotopic (exact) mass is 530 g/mol. The fraction of sp³-hybridized carbons (Fsp3) is 0.333. The van der Waals surface area contributed by atoms with Crippen LogP contribution in [0.5, 0.6) is 5.75 Å². The smallest absolute Gasteiger partial charge is 0.296 e. The van der Waals surface area contributed by atoms with Gasteiger partial charge in [-0.05, 0) is 44.3 Å². The predicted octanol–water partition coefficient (Wildman–Crippen LogP) is 2.68. The summed E-state index contributed by atoms with van der Waals surface area (Å²) in [5.74, 6) is -2.24. The van der Waals surface area contributed by atoms with Gasteiger partial charge in [-0.3, -0.25) is 18.8 Å². The van der Waals surface area contributed by atoms with Crippen LogP contribution in [0.2, 0.25) is 0 Å². The first-order valence-corrected chi connectivity index (χ1v) is 12.4. The van der Waals surface area contributed by atoms with Crippen molar-refractivity contribution in [2.45, 2.75) is 31.7 Å². The molecule has 0 saturated carbocycles. The predicted molar refractivity (Wildman–Crippen MR) is 142 cm³/mol. The highest BCUT2D eigenvalue weighted by Gasteiger charge is 2.31. The Bertz CT molecular complexity index is 1550. The minimum absolute atomic E-state index is 0.249. The Hall–Kier alpha value is -4.76. The maximum absolute atomic E-state index is 13.0. The van der Waals surface area contributed by atoms with Crippen molar-refractivity contribution in [3.8, 4) is 11.8 Å². The van der Waals surface area contributed by atoms with E-state index in [-0.39, 0.29) is 11.5 Å². The number of nitriles is 1. The van der Waals surface area contributed by atoms with Gasteiger partial charge in [-0.15, -0.1) is 0 Å². The summed E-state index contributed by atoms with van der Waals surface area (Å²) in [6.45, 7) is 3.48. The van der Waals surface area contributed by atoms with E-state index in [9.17, 15) is 20.0 Å². The first-order valence-electron chi connectivity index (χ1n) is 12.4. The zero-order valence-electron chi connectivity index (χ0n) is 22.2. The molecule has 1 amide bonds. The Labute approximate surface area is 225 Å². The molecule has 0 bridgehead atoms. The van der Waals surface area contributed by atoms with Crippen LogP contribution in [0, 0.1) is 11.3 Å². The number of rotatable bonds is 10. The molecule has 0 aliphatic carbocycles. The van der Waals surface area contributed by atoms with Crippen LogP contribution in [0.1, 0.15) is 58.2 Å². The van der Waals surface area contributed by atoms with Crippen molar-refractivity contribution < 1.29 is 14.4 Å². The lowest BCUT2D eigenvalue weighted by Gasteiger charge is -2.26. The topological polar surface area (TPSA) is 155 Å². The lowest BCUT2D eigenvalue weighted by molar-refractivity contribution is 0.101. The molecule has 12 nitrogen and oxygen atoms in total. The molecule has 0 aliphatic rings. The largest absolute Gasteiger partial charge is 0.501 e. The fourth-order valence-corrected chi connectivity index (χ4v) is 4.60. The molecule has 2 unspecified atom stereocenters. The standard InChI is InChI=1S/C27H30N8O4/c1-17(25-32-23(24(36)27(38)34(25)4)26(37)31-20-14-30-39-16-20)22(21-9-6-5-8-18(21)12-28)19-13-29-35(15-19)11-7-10-33(2)3/h5-6,8-9,13-17,22,36H,7,10-11H2,1-4H3,(H,31,37). The van der Waals surface area contributed by atoms with Crippen molar-refractivity contribution >= 4 is 11.6 Å². The van der Waals surface area contributed by atoms with Crippen molar-refractivity contribution in [2.24, 2.45) is 7.05 Å². The van der Waals surface area contributed by atoms with Gasteiger partial charge in [0.1, 0.15) is 17.8 Å². The van der Waals surface area contributed by atoms with Crippen LogP contribution in [0.3, 0.4) is 0 Å². The van der Waals surface area contributed by atoms with E-state index in [0.717, 1.165) is 24.1 Å². The Balaban J connectivity index is 1.78. The van der Waals surface area contributed by atoms with Gasteiger partial charge in [0.15, 0.2) is 5.69 Å². The number of nitrogens with one attached hydrogen (secondary N) is 1. The summed E-state index contributed by atoms with van der Waals surface area (Å²) >= 11 is 0. The first kappa shape index (κ1) is 27.3. The molecule has 39 heavy (non-hydrogen) atoms. The summed E-state index contributed by atoms with van der Waals surface area (Å²) in [4.78, 5) is 32.5. The van der Waals surface area contributed by atoms with E-state index in [2.05, 4.69) is 31.5 Å². The Morgan fingerprint density at radius 1 is 1.28 bits per heavy atom. The highest BCUT2D eigenvalue weighted by molar-refractivity contribution is 6.04. The zero-order valence-corrected chi connectivity index (χ0v) is 22.2. The van der Waals surface area contributed by atoms with Crippen LogP contribution < -0.4 is 10.9 Å². The fourth-order valence-electron chi connectivity index (χ4n) is 4.60. The van der Waals surface area contributed by atoms with E-state index in [0.29, 0.717) is 12.1 Å². The average Bonchev–Trinajstić information content (AvgIpc) is 3.60. The summed E-state index contributed by atoms with van der Waals surface area (Å²) < 4.78 is 7.80. The molecule has 202 valence electrons. The van der Waals surface area contributed by atoms with E-state index in [1.165, 1.54) is 24.1 Å². The summed E-state index contributed by atoms with van der Waals surface area (Å²) in [5, 5.41) is 31.0. The van der Waals surface area contributed by atoms with Gasteiger partial charge in [0.2, 0.25) is 5.75 Å². The molecule has 4 rings (SSSR count). The zero-order chi connectivity index (χ0) is 28.1. The second-order valence-corrected chi connectivity index (χ2v) is 9.56. The number of hydrogen-bond donors (Lipinski definition) is 2. The average molecular weight is 531 g/mol. The summed E-state index contributed by atoms with van der Waals surface area (Å²) in [6.07, 6.45) is 7.09. The van der Waals surface area contributed by atoms with Gasteiger partial charge in [-0.1, -0.05) is 30.3 Å². The first-order chi connectivity index (χ1) is 18.7. The van der Waals surface area contributed by atoms with Crippen molar-refractivity contribution in [1.29, 1.82) is 5.26 Å². The van der Waals surface area contributed by atoms with E-state index >= 15 is 0 Å². The molecule has 0 spiro atoms. The van der Waals surface area contributed by atoms with Gasteiger partial charge < -0.3 is 19.8 Å². The number of carbonyl (C=O) groups excluding carboxylic acids is 1. The summed E-state index contributed by atoms with van der Waals surface area (Å²) in [6, 6.07) is 9.48. The quantitative estimate of drug-likeness (QED) is 0.315. The van der Waals surface area contributed by atoms with Crippen LogP contribution in [0.25, 0.3) is 0 Å². The van der Waals surface area contributed by atoms with Crippen molar-refractivity contribution in [2.75, 3.05) is 26.0 Å². The molecular formula is C27H30N8O4. The second-order valence-electron chi connectivity index (χ2n) is 9.56. The number of anilines is 1. The molecule has 0 aliphatic heterocycles. The molecule has 2 atom stereocenters. The molecule has 12 heteroatoms. The van der Waals surface area contributed by atoms with Crippen molar-refractivity contribution in [3.05, 3.63) is 87.7 Å². The highest BCUT2D eigenvalue weighted by atomic mass is 16.5. The van der Waals surface area contributed by atoms with Gasteiger partial charge in [0.05, 0.1) is 24.0 Å². The highest BCUT2D eigenvalue weighted by Crippen LogP contribution is 2.39. The third-order valence-corrected chi connectivity index (χ3v) is 6.54. The van der Waals surface area contributed by atoms with Crippen molar-refractivity contribution in [3.63, 3.8) is 0 Å². The summed E-state index contributed by atoms with van der Waals surface area (Å²) in [7, 11) is 5.52. The lowest BCUT2D eigenvalue weighted by Crippen LogP contribution is -2.29. The van der Waals surface area contributed by atoms with E-state index < -0.39 is 34.7 Å². The third kappa shape index (κ3) is 5.89. The van der Waals surface area contributed by atoms with Crippen LogP contribution in [0.4, 0.5) is 5.69 Å². The molecule has 0 radical (unpaired) electrons. The molecule has 2 N–H and O–H groups in total. The van der Waals surface area contributed by atoms with Crippen LogP contribution >= 0.6 is 0 Å². The van der Waals surface area contributed by atoms with Gasteiger partial charge in [-0.2, -0.15) is 10.4 Å². The van der Waals surface area contributed by atoms with Crippen molar-refractivity contribution in [1.82, 2.24) is 29.4 Å². The van der Waals surface area contributed by atoms with Gasteiger partial charge in [0, 0.05) is 31.6 Å². The minimum Gasteiger partial charge on any atom is -0.501 e. The number of benzene rings is 1. The van der Waals surface area contributed by atoms with Crippen LogP contribution in [0.15, 0.2) is 58.4 Å². The minimum atomic E-state index is -0.787. The maximum atomic E-state index is 13.0. The number of hydrogen-bond acceptors (Lipinski definition) is 9. The SMILES string of the molecule is CC(c1nc(C(=O)Nc2cnoc2)c(O)c(=O)n1C)C(c1cnn(CCCN(C)C)c1)c1ccccc1C#N. The molecule has 4 aromatic rings. The van der Waals surface area contributed by atoms with Crippen LogP contribution in [-0.4, -0.2) is 61.0 Å². The molecular weight excluding hydrogens is 500 g/mol. The van der Waals surface area contributed by atoms with E-state index in [4.69, 9.17) is 4.52 Å². The third-order valence-electron chi connectivity index (χ3n) is 6.54. The van der Waals surface area contributed by atoms with E-state index in [1.54, 1.807) is 18.3 Å². The molecule has 1 aromatic carbocycles. The molecule has 3 aromatic heterocycles. The normalized spacial score (nSPS) is 12.7. The van der Waals surface area contributed by atoms with Gasteiger partial charge in [0.25, 0.3) is 11.5 Å². The lowest BCUT2D eigenvalue weighted by atomic mass is 9.80. The molecule has 3 heterocycles. The number of aryl methyl sites for hydroxylation is 1. The number of aromatic hydroxyl groups is 1. The van der Waals surface area contributed by atoms with Gasteiger partial charge in [-0.25, -0.2) is 4.98 Å². The Kier molecular flexibility index (Phi) is 8.21. The number of amides is 1. The Morgan fingerprint density at radius 2 is 2.05 bits per heavy atom. The second kappa shape index (κ2) is 11.7. The van der Waals surface area contributed by atoms with E-state index in [1.807, 2.05) is 44.0 Å². The van der Waals surface area contributed by atoms with Crippen LogP contribution in [-0.2, 0) is 13.6 Å².